The molecule has 1 atom stereocenters. The molecular weight excluding hydrogens is 458 g/mol. The molecule has 34 heavy (non-hydrogen) atoms. The number of halogens is 1. The molecule has 180 valence electrons. The molecule has 0 aliphatic carbocycles. The lowest BCUT2D eigenvalue weighted by Crippen LogP contribution is -2.44. The number of phenols is 1. The van der Waals surface area contributed by atoms with Gasteiger partial charge in [-0.25, -0.2) is 4.79 Å². The molecule has 0 aliphatic heterocycles. The van der Waals surface area contributed by atoms with Gasteiger partial charge >= 0.3 is 6.09 Å². The van der Waals surface area contributed by atoms with E-state index in [2.05, 4.69) is 16.7 Å². The van der Waals surface area contributed by atoms with Crippen LogP contribution in [-0.2, 0) is 14.3 Å². The van der Waals surface area contributed by atoms with E-state index in [1.54, 1.807) is 65.0 Å². The largest absolute Gasteiger partial charge is 0.507 e. The molecule has 2 aromatic carbocycles. The maximum atomic E-state index is 13.4. The number of terminal acetylenes is 1. The highest BCUT2D eigenvalue weighted by atomic mass is 35.5. The number of nitrogens with one attached hydrogen (secondary N) is 2. The number of alkyl carbamates (subject to hydrolysis) is 1. The molecule has 2 aromatic rings. The second kappa shape index (κ2) is 10.9. The lowest BCUT2D eigenvalue weighted by molar-refractivity contribution is -0.134. The van der Waals surface area contributed by atoms with Crippen LogP contribution in [0.3, 0.4) is 0 Å². The highest BCUT2D eigenvalue weighted by Gasteiger charge is 2.34. The molecule has 1 unspecified atom stereocenters. The van der Waals surface area contributed by atoms with Crippen LogP contribution in [0, 0.1) is 26.3 Å². The zero-order valence-electron chi connectivity index (χ0n) is 19.7. The van der Waals surface area contributed by atoms with E-state index in [4.69, 9.17) is 22.8 Å². The molecule has 0 saturated heterocycles. The number of hydrogen-bond donors (Lipinski definition) is 3. The maximum Gasteiger partial charge on any atom is 0.408 e. The van der Waals surface area contributed by atoms with Gasteiger partial charge in [-0.1, -0.05) is 48.4 Å². The molecule has 8 nitrogen and oxygen atoms in total. The van der Waals surface area contributed by atoms with Gasteiger partial charge in [-0.2, -0.15) is 0 Å². The third-order valence-electron chi connectivity index (χ3n) is 4.73. The number of carbonyl (C=O) groups excluding carboxylic acids is 3. The smallest absolute Gasteiger partial charge is 0.408 e. The third kappa shape index (κ3) is 6.65. The van der Waals surface area contributed by atoms with Gasteiger partial charge in [0.05, 0.1) is 10.7 Å². The number of benzene rings is 2. The van der Waals surface area contributed by atoms with Gasteiger partial charge in [0.25, 0.3) is 11.8 Å². The van der Waals surface area contributed by atoms with Gasteiger partial charge in [-0.3, -0.25) is 14.5 Å². The van der Waals surface area contributed by atoms with E-state index in [1.807, 2.05) is 0 Å². The van der Waals surface area contributed by atoms with Crippen LogP contribution >= 0.6 is 11.6 Å². The molecule has 0 heterocycles. The first-order valence-electron chi connectivity index (χ1n) is 10.4. The van der Waals surface area contributed by atoms with Crippen LogP contribution in [-0.4, -0.2) is 40.1 Å². The summed E-state index contributed by atoms with van der Waals surface area (Å²) in [5, 5.41) is 16.0. The molecule has 0 aliphatic rings. The number of nitrogens with zero attached hydrogens (tertiary/aromatic N) is 1. The second-order valence-corrected chi connectivity index (χ2v) is 8.99. The minimum absolute atomic E-state index is 0.116. The van der Waals surface area contributed by atoms with E-state index in [0.717, 1.165) is 4.90 Å². The van der Waals surface area contributed by atoms with E-state index in [1.165, 1.54) is 6.07 Å². The van der Waals surface area contributed by atoms with Crippen molar-refractivity contribution < 1.29 is 24.2 Å². The lowest BCUT2D eigenvalue weighted by Gasteiger charge is -2.28. The van der Waals surface area contributed by atoms with Gasteiger partial charge in [0.15, 0.2) is 6.04 Å². The molecule has 9 heteroatoms. The Kier molecular flexibility index (Phi) is 8.55. The molecule has 0 saturated carbocycles. The van der Waals surface area contributed by atoms with Gasteiger partial charge in [-0.15, -0.1) is 0 Å². The van der Waals surface area contributed by atoms with E-state index < -0.39 is 36.1 Å². The number of anilines is 1. The van der Waals surface area contributed by atoms with Gasteiger partial charge in [0, 0.05) is 11.6 Å². The first-order chi connectivity index (χ1) is 15.9. The number of para-hydroxylation sites is 2. The fraction of sp³-hybridized carbons (Fsp3) is 0.320. The van der Waals surface area contributed by atoms with Crippen molar-refractivity contribution in [3.8, 4) is 18.2 Å². The number of ether oxygens (including phenoxy) is 1. The topological polar surface area (TPSA) is 108 Å². The Labute approximate surface area is 204 Å². The normalized spacial score (nSPS) is 11.7. The SMILES string of the molecule is C#CN(C(=O)CNC(=O)OC(C)(C)C)C(C(=O)Nc1c(C)cccc1Cl)c1cccc(C)c1O. The van der Waals surface area contributed by atoms with E-state index in [0.29, 0.717) is 21.8 Å². The summed E-state index contributed by atoms with van der Waals surface area (Å²) in [6.45, 7) is 7.92. The van der Waals surface area contributed by atoms with Gasteiger partial charge in [0.1, 0.15) is 17.9 Å². The number of carbonyl (C=O) groups is 3. The summed E-state index contributed by atoms with van der Waals surface area (Å²) in [6.07, 6.45) is 4.81. The Hall–Kier alpha value is -3.70. The number of amides is 3. The molecule has 0 aromatic heterocycles. The van der Waals surface area contributed by atoms with E-state index in [-0.39, 0.29) is 11.3 Å². The number of rotatable bonds is 6. The Morgan fingerprint density at radius 2 is 1.76 bits per heavy atom. The van der Waals surface area contributed by atoms with Crippen LogP contribution in [0.4, 0.5) is 10.5 Å². The summed E-state index contributed by atoms with van der Waals surface area (Å²) in [5.41, 5.74) is 0.883. The summed E-state index contributed by atoms with van der Waals surface area (Å²) >= 11 is 6.25. The van der Waals surface area contributed by atoms with Crippen molar-refractivity contribution in [1.29, 1.82) is 0 Å². The van der Waals surface area contributed by atoms with Crippen molar-refractivity contribution in [2.75, 3.05) is 11.9 Å². The average Bonchev–Trinajstić information content (AvgIpc) is 2.74. The Morgan fingerprint density at radius 3 is 2.35 bits per heavy atom. The average molecular weight is 486 g/mol. The van der Waals surface area contributed by atoms with E-state index in [9.17, 15) is 19.5 Å². The Morgan fingerprint density at radius 1 is 1.15 bits per heavy atom. The van der Waals surface area contributed by atoms with Crippen molar-refractivity contribution in [2.24, 2.45) is 0 Å². The van der Waals surface area contributed by atoms with Crippen molar-refractivity contribution in [3.63, 3.8) is 0 Å². The summed E-state index contributed by atoms with van der Waals surface area (Å²) in [5.74, 6) is -1.64. The van der Waals surface area contributed by atoms with Crippen molar-refractivity contribution >= 4 is 35.2 Å². The molecule has 0 fully saturated rings. The molecule has 3 N–H and O–H groups in total. The first-order valence-corrected chi connectivity index (χ1v) is 10.8. The molecule has 2 rings (SSSR count). The van der Waals surface area contributed by atoms with Crippen LogP contribution < -0.4 is 10.6 Å². The van der Waals surface area contributed by atoms with Gasteiger partial charge in [0.2, 0.25) is 0 Å². The molecular formula is C25H28ClN3O5. The molecule has 0 bridgehead atoms. The third-order valence-corrected chi connectivity index (χ3v) is 5.05. The Balaban J connectivity index is 2.41. The Bertz CT molecular complexity index is 1110. The lowest BCUT2D eigenvalue weighted by atomic mass is 10.00. The quantitative estimate of drug-likeness (QED) is 0.418. The summed E-state index contributed by atoms with van der Waals surface area (Å²) in [6, 6.07) is 10.7. The fourth-order valence-corrected chi connectivity index (χ4v) is 3.39. The van der Waals surface area contributed by atoms with Crippen molar-refractivity contribution in [1.82, 2.24) is 10.2 Å². The number of phenolic OH excluding ortho intramolecular Hbond substituents is 1. The standard InChI is InChI=1S/C25H28ClN3O5/c1-7-29(19(30)14-27-24(33)34-25(4,5)6)21(17-12-8-11-16(3)22(17)31)23(32)28-20-15(2)10-9-13-18(20)26/h1,8-13,21,31H,14H2,2-6H3,(H,27,33)(H,28,32). The molecule has 3 amide bonds. The first kappa shape index (κ1) is 26.6. The highest BCUT2D eigenvalue weighted by Crippen LogP contribution is 2.33. The maximum absolute atomic E-state index is 13.4. The minimum Gasteiger partial charge on any atom is -0.507 e. The van der Waals surface area contributed by atoms with Crippen LogP contribution in [0.15, 0.2) is 36.4 Å². The predicted molar refractivity (Wildman–Crippen MR) is 130 cm³/mol. The van der Waals surface area contributed by atoms with Crippen molar-refractivity contribution in [2.45, 2.75) is 46.3 Å². The number of hydrogen-bond acceptors (Lipinski definition) is 5. The molecule has 0 spiro atoms. The number of aromatic hydroxyl groups is 1. The van der Waals surface area contributed by atoms with Gasteiger partial charge in [-0.05, 0) is 51.8 Å². The zero-order chi connectivity index (χ0) is 25.6. The summed E-state index contributed by atoms with van der Waals surface area (Å²) < 4.78 is 5.13. The molecule has 0 radical (unpaired) electrons. The van der Waals surface area contributed by atoms with Crippen LogP contribution in [0.25, 0.3) is 0 Å². The van der Waals surface area contributed by atoms with Crippen LogP contribution in [0.2, 0.25) is 5.02 Å². The zero-order valence-corrected chi connectivity index (χ0v) is 20.5. The summed E-state index contributed by atoms with van der Waals surface area (Å²) in [7, 11) is 0. The van der Waals surface area contributed by atoms with Gasteiger partial charge < -0.3 is 20.5 Å². The minimum atomic E-state index is -1.41. The monoisotopic (exact) mass is 485 g/mol. The highest BCUT2D eigenvalue weighted by molar-refractivity contribution is 6.34. The van der Waals surface area contributed by atoms with Crippen LogP contribution in [0.1, 0.15) is 43.5 Å². The van der Waals surface area contributed by atoms with Crippen LogP contribution in [0.5, 0.6) is 5.75 Å². The fourth-order valence-electron chi connectivity index (χ4n) is 3.12. The summed E-state index contributed by atoms with van der Waals surface area (Å²) in [4.78, 5) is 39.2. The van der Waals surface area contributed by atoms with Crippen molar-refractivity contribution in [3.05, 3.63) is 58.1 Å². The predicted octanol–water partition coefficient (Wildman–Crippen LogP) is 4.29. The second-order valence-electron chi connectivity index (χ2n) is 8.58. The number of aryl methyl sites for hydroxylation is 2. The van der Waals surface area contributed by atoms with E-state index >= 15 is 0 Å².